The van der Waals surface area contributed by atoms with Crippen molar-refractivity contribution in [2.45, 2.75) is 11.6 Å². The first-order chi connectivity index (χ1) is 3.85. The summed E-state index contributed by atoms with van der Waals surface area (Å²) in [5.41, 5.74) is 5.46. The zero-order chi connectivity index (χ0) is 6.41. The molecule has 0 radical (unpaired) electrons. The van der Waals surface area contributed by atoms with Crippen molar-refractivity contribution in [3.63, 3.8) is 0 Å². The lowest BCUT2D eigenvalue weighted by atomic mass is 10.5. The fourth-order valence-corrected chi connectivity index (χ4v) is 27.8. The highest BCUT2D eigenvalue weighted by Crippen LogP contribution is 2.00. The van der Waals surface area contributed by atoms with Gasteiger partial charge in [-0.25, -0.2) is 0 Å². The first-order valence-electron chi connectivity index (χ1n) is 3.55. The second-order valence-electron chi connectivity index (χ2n) is 2.26. The van der Waals surface area contributed by atoms with Gasteiger partial charge in [-0.05, 0) is 32.5 Å². The van der Waals surface area contributed by atoms with Gasteiger partial charge in [-0.1, -0.05) is 5.16 Å². The van der Waals surface area contributed by atoms with Crippen LogP contribution >= 0.6 is 0 Å². The van der Waals surface area contributed by atoms with Gasteiger partial charge in [0.15, 0.2) is 0 Å². The molecule has 0 fully saturated rings. The van der Waals surface area contributed by atoms with Crippen molar-refractivity contribution >= 4 is 37.6 Å². The second kappa shape index (κ2) is 5.96. The van der Waals surface area contributed by atoms with E-state index in [9.17, 15) is 0 Å². The minimum Gasteiger partial charge on any atom is -0.330 e. The molecule has 2 N–H and O–H groups in total. The predicted molar refractivity (Wildman–Crippen MR) is 54.4 cm³/mol. The Morgan fingerprint density at radius 1 is 1.38 bits per heavy atom. The Hall–Kier alpha value is 0.828. The van der Waals surface area contributed by atoms with Crippen LogP contribution in [-0.2, 0) is 0 Å². The van der Waals surface area contributed by atoms with Crippen molar-refractivity contribution in [1.82, 2.24) is 0 Å². The molecule has 0 saturated heterocycles. The minimum absolute atomic E-state index is 0.472. The van der Waals surface area contributed by atoms with Gasteiger partial charge in [-0.3, -0.25) is 0 Å². The fourth-order valence-electron chi connectivity index (χ4n) is 0.933. The SMILES string of the molecule is NCCC([SiH2][SiH3])[SiH2][SiH3]. The summed E-state index contributed by atoms with van der Waals surface area (Å²) in [4.78, 5) is 0. The minimum atomic E-state index is 0.472. The lowest BCUT2D eigenvalue weighted by Crippen LogP contribution is -2.16. The van der Waals surface area contributed by atoms with Crippen LogP contribution in [-0.4, -0.2) is 44.1 Å². The van der Waals surface area contributed by atoms with Crippen LogP contribution in [0, 0.1) is 0 Å². The van der Waals surface area contributed by atoms with Crippen LogP contribution in [0.4, 0.5) is 0 Å². The van der Waals surface area contributed by atoms with Gasteiger partial charge in [-0.15, -0.1) is 0 Å². The lowest BCUT2D eigenvalue weighted by Gasteiger charge is -2.07. The quantitative estimate of drug-likeness (QED) is 0.437. The van der Waals surface area contributed by atoms with Gasteiger partial charge < -0.3 is 5.73 Å². The van der Waals surface area contributed by atoms with Gasteiger partial charge >= 0.3 is 0 Å². The zero-order valence-corrected chi connectivity index (χ0v) is 12.8. The molecule has 8 heavy (non-hydrogen) atoms. The molecule has 0 aromatic carbocycles. The summed E-state index contributed by atoms with van der Waals surface area (Å²) < 4.78 is 0. The molecule has 0 heterocycles. The van der Waals surface area contributed by atoms with Crippen LogP contribution in [0.1, 0.15) is 6.42 Å². The third-order valence-electron chi connectivity index (χ3n) is 1.73. The molecule has 0 aromatic rings. The van der Waals surface area contributed by atoms with E-state index in [4.69, 9.17) is 5.73 Å². The molecule has 5 heteroatoms. The van der Waals surface area contributed by atoms with Crippen LogP contribution in [0.15, 0.2) is 0 Å². The molecule has 0 unspecified atom stereocenters. The molecule has 0 saturated carbocycles. The highest BCUT2D eigenvalue weighted by Gasteiger charge is 2.00. The van der Waals surface area contributed by atoms with E-state index in [1.54, 1.807) is 0 Å². The molecule has 0 aromatic heterocycles. The molecule has 0 aliphatic carbocycles. The molecular weight excluding hydrogens is 162 g/mol. The first-order valence-corrected chi connectivity index (χ1v) is 16.5. The van der Waals surface area contributed by atoms with Crippen LogP contribution in [0.25, 0.3) is 0 Å². The molecule has 0 amide bonds. The fraction of sp³-hybridized carbons (Fsp3) is 1.00. The maximum Gasteiger partial charge on any atom is 0.00392 e. The van der Waals surface area contributed by atoms with E-state index in [2.05, 4.69) is 0 Å². The van der Waals surface area contributed by atoms with Gasteiger partial charge in [0.25, 0.3) is 0 Å². The van der Waals surface area contributed by atoms with Crippen molar-refractivity contribution in [2.24, 2.45) is 5.73 Å². The molecule has 0 rings (SSSR count). The van der Waals surface area contributed by atoms with Gasteiger partial charge in [0.05, 0.1) is 0 Å². The van der Waals surface area contributed by atoms with Crippen molar-refractivity contribution in [1.29, 1.82) is 0 Å². The summed E-state index contributed by atoms with van der Waals surface area (Å²) >= 11 is 0. The van der Waals surface area contributed by atoms with Crippen molar-refractivity contribution in [3.8, 4) is 0 Å². The van der Waals surface area contributed by atoms with E-state index in [0.717, 1.165) is 6.54 Å². The van der Waals surface area contributed by atoms with Gasteiger partial charge in [0.1, 0.15) is 0 Å². The average molecular weight is 180 g/mol. The highest BCUT2D eigenvalue weighted by atomic mass is 29.1. The van der Waals surface area contributed by atoms with Crippen molar-refractivity contribution in [2.75, 3.05) is 6.54 Å². The molecule has 50 valence electrons. The van der Waals surface area contributed by atoms with Crippen molar-refractivity contribution < 1.29 is 0 Å². The van der Waals surface area contributed by atoms with E-state index < -0.39 is 0 Å². The zero-order valence-electron chi connectivity index (χ0n) is 5.98. The maximum atomic E-state index is 5.46. The van der Waals surface area contributed by atoms with E-state index >= 15 is 0 Å². The monoisotopic (exact) mass is 179 g/mol. The van der Waals surface area contributed by atoms with Crippen LogP contribution in [0.2, 0.25) is 5.16 Å². The van der Waals surface area contributed by atoms with Crippen molar-refractivity contribution in [3.05, 3.63) is 0 Å². The molecule has 1 nitrogen and oxygen atoms in total. The molecule has 0 spiro atoms. The molecule has 0 aliphatic heterocycles. The maximum absolute atomic E-state index is 5.46. The number of hydrogen-bond donors (Lipinski definition) is 1. The Kier molecular flexibility index (Phi) is 6.57. The van der Waals surface area contributed by atoms with E-state index in [0.29, 0.717) is 18.1 Å². The van der Waals surface area contributed by atoms with Gasteiger partial charge in [0, 0.05) is 18.1 Å². The Morgan fingerprint density at radius 2 is 1.88 bits per heavy atom. The normalized spacial score (nSPS) is 17.6. The highest BCUT2D eigenvalue weighted by molar-refractivity contribution is 7.03. The largest absolute Gasteiger partial charge is 0.330 e. The third kappa shape index (κ3) is 3.78. The second-order valence-corrected chi connectivity index (χ2v) is 12.3. The summed E-state index contributed by atoms with van der Waals surface area (Å²) in [6.07, 6.45) is 1.39. The average Bonchev–Trinajstić information content (AvgIpc) is 1.83. The molecule has 0 aliphatic rings. The lowest BCUT2D eigenvalue weighted by molar-refractivity contribution is 0.892. The number of nitrogens with two attached hydrogens (primary N) is 1. The topological polar surface area (TPSA) is 26.0 Å². The molecular formula is C3H17NSi4. The number of rotatable bonds is 4. The smallest absolute Gasteiger partial charge is 0.00392 e. The molecule has 0 bridgehead atoms. The summed E-state index contributed by atoms with van der Waals surface area (Å²) in [5.74, 6) is 0. The van der Waals surface area contributed by atoms with E-state index in [1.807, 2.05) is 0 Å². The molecule has 0 atom stereocenters. The van der Waals surface area contributed by atoms with E-state index in [-0.39, 0.29) is 0 Å². The van der Waals surface area contributed by atoms with Gasteiger partial charge in [-0.2, -0.15) is 0 Å². The van der Waals surface area contributed by atoms with Crippen LogP contribution in [0.5, 0.6) is 0 Å². The third-order valence-corrected chi connectivity index (χ3v) is 22.2. The standard InChI is InChI=1S/C3H17NSi4/c4-2-1-3(7-5)8-6/h3H,1-2,4,7-8H2,5-6H3. The Bertz CT molecular complexity index is 46.5. The van der Waals surface area contributed by atoms with Crippen LogP contribution in [0.3, 0.4) is 0 Å². The van der Waals surface area contributed by atoms with E-state index in [1.165, 1.54) is 31.1 Å². The summed E-state index contributed by atoms with van der Waals surface area (Å²) in [7, 11) is 4.02. The van der Waals surface area contributed by atoms with Crippen LogP contribution < -0.4 is 5.73 Å². The first kappa shape index (κ1) is 8.83. The van der Waals surface area contributed by atoms with Gasteiger partial charge in [0.2, 0.25) is 0 Å². The number of hydrogen-bond acceptors (Lipinski definition) is 1. The summed E-state index contributed by atoms with van der Waals surface area (Å²) in [5, 5.41) is 1.28. The summed E-state index contributed by atoms with van der Waals surface area (Å²) in [6, 6.07) is 0. The Labute approximate surface area is 61.9 Å². The summed E-state index contributed by atoms with van der Waals surface area (Å²) in [6.45, 7) is 0.967. The Balaban J connectivity index is 3.07. The Morgan fingerprint density at radius 3 is 2.00 bits per heavy atom. The predicted octanol–water partition coefficient (Wildman–Crippen LogP) is -4.02.